The monoisotopic (exact) mass is 426 g/mol. The molecule has 1 N–H and O–H groups in total. The molecule has 1 heterocycles. The molecule has 0 radical (unpaired) electrons. The first-order valence-electron chi connectivity index (χ1n) is 6.69. The van der Waals surface area contributed by atoms with Crippen molar-refractivity contribution in [2.24, 2.45) is 0 Å². The van der Waals surface area contributed by atoms with Crippen molar-refractivity contribution < 1.29 is 12.8 Å². The molecule has 0 fully saturated rings. The summed E-state index contributed by atoms with van der Waals surface area (Å²) in [6.07, 6.45) is 1.37. The van der Waals surface area contributed by atoms with E-state index in [2.05, 4.69) is 20.9 Å². The number of hydrogen-bond donors (Lipinski definition) is 1. The summed E-state index contributed by atoms with van der Waals surface area (Å²) in [4.78, 5) is 2.93. The number of nitrogens with one attached hydrogen (secondary N) is 1. The van der Waals surface area contributed by atoms with Crippen LogP contribution in [0.4, 0.5) is 4.39 Å². The zero-order chi connectivity index (χ0) is 17.5. The number of benzene rings is 2. The molecule has 0 bridgehead atoms. The molecule has 0 spiro atoms. The van der Waals surface area contributed by atoms with E-state index >= 15 is 0 Å². The van der Waals surface area contributed by atoms with Crippen LogP contribution in [0.2, 0.25) is 5.02 Å². The summed E-state index contributed by atoms with van der Waals surface area (Å²) in [6.45, 7) is 0. The lowest BCUT2D eigenvalue weighted by Crippen LogP contribution is -2.06. The average molecular weight is 428 g/mol. The molecule has 0 atom stereocenters. The Morgan fingerprint density at radius 3 is 2.71 bits per heavy atom. The molecule has 0 aliphatic heterocycles. The van der Waals surface area contributed by atoms with Gasteiger partial charge in [-0.1, -0.05) is 17.7 Å². The summed E-state index contributed by atoms with van der Waals surface area (Å²) in [5.41, 5.74) is 0.720. The lowest BCUT2D eigenvalue weighted by molar-refractivity contribution is 0.587. The van der Waals surface area contributed by atoms with Crippen LogP contribution >= 0.6 is 27.5 Å². The van der Waals surface area contributed by atoms with Crippen molar-refractivity contribution in [1.29, 1.82) is 5.26 Å². The van der Waals surface area contributed by atoms with E-state index in [0.29, 0.717) is 20.4 Å². The fraction of sp³-hybridized carbons (Fsp3) is 0.0625. The van der Waals surface area contributed by atoms with Gasteiger partial charge in [0, 0.05) is 27.1 Å². The van der Waals surface area contributed by atoms with Crippen LogP contribution in [0.15, 0.2) is 45.9 Å². The number of halogens is 3. The van der Waals surface area contributed by atoms with E-state index in [0.717, 1.165) is 6.07 Å². The Bertz CT molecular complexity index is 1100. The van der Waals surface area contributed by atoms with Gasteiger partial charge in [0.1, 0.15) is 5.82 Å². The molecule has 0 unspecified atom stereocenters. The molecule has 2 aromatic carbocycles. The van der Waals surface area contributed by atoms with Gasteiger partial charge in [-0.15, -0.1) is 0 Å². The van der Waals surface area contributed by atoms with Gasteiger partial charge < -0.3 is 4.98 Å². The third-order valence-corrected chi connectivity index (χ3v) is 6.44. The molecule has 3 aromatic rings. The maximum Gasteiger partial charge on any atom is 0.184 e. The molecule has 3 rings (SSSR count). The van der Waals surface area contributed by atoms with Crippen molar-refractivity contribution >= 4 is 48.3 Å². The zero-order valence-corrected chi connectivity index (χ0v) is 15.1. The van der Waals surface area contributed by atoms with Gasteiger partial charge in [-0.05, 0) is 40.2 Å². The second-order valence-corrected chi connectivity index (χ2v) is 8.36. The number of nitrogens with zero attached hydrogens (tertiary/aromatic N) is 1. The highest BCUT2D eigenvalue weighted by atomic mass is 79.9. The van der Waals surface area contributed by atoms with Crippen molar-refractivity contribution in [2.75, 3.05) is 0 Å². The van der Waals surface area contributed by atoms with Crippen LogP contribution in [0.1, 0.15) is 11.1 Å². The maximum atomic E-state index is 14.0. The van der Waals surface area contributed by atoms with Gasteiger partial charge in [0.05, 0.1) is 27.3 Å². The molecular weight excluding hydrogens is 419 g/mol. The van der Waals surface area contributed by atoms with Crippen LogP contribution in [-0.2, 0) is 15.6 Å². The van der Waals surface area contributed by atoms with Gasteiger partial charge >= 0.3 is 0 Å². The number of sulfone groups is 1. The molecule has 0 aliphatic rings. The highest BCUT2D eigenvalue weighted by Gasteiger charge is 2.22. The molecule has 122 valence electrons. The number of fused-ring (bicyclic) bond motifs is 1. The summed E-state index contributed by atoms with van der Waals surface area (Å²) in [5, 5.41) is 9.67. The number of H-pyrrole nitrogens is 1. The van der Waals surface area contributed by atoms with Crippen LogP contribution in [0.3, 0.4) is 0 Å². The lowest BCUT2D eigenvalue weighted by atomic mass is 10.1. The van der Waals surface area contributed by atoms with Crippen molar-refractivity contribution in [1.82, 2.24) is 4.98 Å². The van der Waals surface area contributed by atoms with Crippen molar-refractivity contribution in [2.45, 2.75) is 10.6 Å². The smallest absolute Gasteiger partial charge is 0.184 e. The van der Waals surface area contributed by atoms with E-state index < -0.39 is 21.4 Å². The average Bonchev–Trinajstić information content (AvgIpc) is 2.93. The van der Waals surface area contributed by atoms with Crippen molar-refractivity contribution in [3.63, 3.8) is 0 Å². The first-order valence-corrected chi connectivity index (χ1v) is 9.51. The second-order valence-electron chi connectivity index (χ2n) is 5.14. The van der Waals surface area contributed by atoms with Gasteiger partial charge in [-0.25, -0.2) is 12.8 Å². The van der Waals surface area contributed by atoms with Crippen LogP contribution in [-0.4, -0.2) is 13.4 Å². The molecule has 0 amide bonds. The molecule has 0 saturated heterocycles. The molecule has 0 saturated carbocycles. The highest BCUT2D eigenvalue weighted by molar-refractivity contribution is 9.10. The number of aromatic amines is 1. The third kappa shape index (κ3) is 3.05. The van der Waals surface area contributed by atoms with E-state index in [-0.39, 0.29) is 16.0 Å². The van der Waals surface area contributed by atoms with Crippen molar-refractivity contribution in [3.8, 4) is 6.07 Å². The quantitative estimate of drug-likeness (QED) is 0.665. The minimum absolute atomic E-state index is 0.0105. The molecule has 8 heteroatoms. The van der Waals surface area contributed by atoms with Gasteiger partial charge in [0.25, 0.3) is 0 Å². The summed E-state index contributed by atoms with van der Waals surface area (Å²) in [5.74, 6) is -1.22. The van der Waals surface area contributed by atoms with Gasteiger partial charge in [-0.2, -0.15) is 5.26 Å². The topological polar surface area (TPSA) is 73.7 Å². The Balaban J connectivity index is 2.06. The first kappa shape index (κ1) is 17.0. The number of aromatic nitrogens is 1. The molecular formula is C16H9BrClFN2O2S. The molecule has 4 nitrogen and oxygen atoms in total. The van der Waals surface area contributed by atoms with E-state index in [1.54, 1.807) is 12.1 Å². The van der Waals surface area contributed by atoms with Crippen LogP contribution in [0.5, 0.6) is 0 Å². The summed E-state index contributed by atoms with van der Waals surface area (Å²) in [7, 11) is -3.79. The number of rotatable bonds is 3. The van der Waals surface area contributed by atoms with Crippen LogP contribution < -0.4 is 0 Å². The van der Waals surface area contributed by atoms with Crippen LogP contribution in [0, 0.1) is 17.1 Å². The Morgan fingerprint density at radius 1 is 1.29 bits per heavy atom. The maximum absolute atomic E-state index is 14.0. The predicted octanol–water partition coefficient (Wildman–Crippen LogP) is 4.57. The fourth-order valence-corrected chi connectivity index (χ4v) is 4.41. The van der Waals surface area contributed by atoms with Gasteiger partial charge in [0.2, 0.25) is 0 Å². The Kier molecular flexibility index (Phi) is 4.38. The molecule has 1 aromatic heterocycles. The highest BCUT2D eigenvalue weighted by Crippen LogP contribution is 2.32. The third-order valence-electron chi connectivity index (χ3n) is 3.55. The molecule has 24 heavy (non-hydrogen) atoms. The number of hydrogen-bond acceptors (Lipinski definition) is 3. The predicted molar refractivity (Wildman–Crippen MR) is 93.0 cm³/mol. The lowest BCUT2D eigenvalue weighted by Gasteiger charge is -2.06. The molecule has 0 aliphatic carbocycles. The van der Waals surface area contributed by atoms with Gasteiger partial charge in [0.15, 0.2) is 9.84 Å². The van der Waals surface area contributed by atoms with Crippen molar-refractivity contribution in [3.05, 3.63) is 63.0 Å². The second kappa shape index (κ2) is 6.20. The van der Waals surface area contributed by atoms with Gasteiger partial charge in [-0.3, -0.25) is 0 Å². The summed E-state index contributed by atoms with van der Waals surface area (Å²) in [6, 6.07) is 8.75. The first-order chi connectivity index (χ1) is 11.3. The van der Waals surface area contributed by atoms with E-state index in [9.17, 15) is 12.8 Å². The van der Waals surface area contributed by atoms with E-state index in [4.69, 9.17) is 16.9 Å². The van der Waals surface area contributed by atoms with E-state index in [1.165, 1.54) is 18.3 Å². The number of nitriles is 1. The SMILES string of the molecule is N#Cc1ccc(CS(=O)(=O)c2c[nH]c3cc(Cl)c(Br)cc23)c(F)c1. The zero-order valence-electron chi connectivity index (χ0n) is 12.0. The Labute approximate surface area is 150 Å². The standard InChI is InChI=1S/C16H9BrClFN2O2S/c17-12-4-11-15(5-13(12)18)21-7-16(11)24(22,23)8-10-2-1-9(6-20)3-14(10)19/h1-5,7,21H,8H2. The van der Waals surface area contributed by atoms with Crippen LogP contribution in [0.25, 0.3) is 10.9 Å². The normalized spacial score (nSPS) is 11.6. The summed E-state index contributed by atoms with van der Waals surface area (Å²) >= 11 is 9.26. The van der Waals surface area contributed by atoms with E-state index in [1.807, 2.05) is 6.07 Å². The fourth-order valence-electron chi connectivity index (χ4n) is 2.36. The largest absolute Gasteiger partial charge is 0.360 e. The minimum atomic E-state index is -3.79. The summed E-state index contributed by atoms with van der Waals surface area (Å²) < 4.78 is 39.9. The Hall–Kier alpha value is -1.88. The minimum Gasteiger partial charge on any atom is -0.360 e. The Morgan fingerprint density at radius 2 is 2.04 bits per heavy atom.